The average molecular weight is 826 g/mol. The molecule has 0 heterocycles. The molecule has 0 amide bonds. The van der Waals surface area contributed by atoms with Crippen molar-refractivity contribution in [3.63, 3.8) is 0 Å². The van der Waals surface area contributed by atoms with Crippen LogP contribution in [0.2, 0.25) is 0 Å². The van der Waals surface area contributed by atoms with Crippen LogP contribution in [0.5, 0.6) is 23.0 Å². The van der Waals surface area contributed by atoms with Crippen LogP contribution in [0.4, 0.5) is 0 Å². The van der Waals surface area contributed by atoms with Crippen LogP contribution in [0.3, 0.4) is 0 Å². The van der Waals surface area contributed by atoms with Crippen molar-refractivity contribution < 1.29 is 28.8 Å². The molecule has 0 aromatic heterocycles. The molecule has 0 aliphatic rings. The van der Waals surface area contributed by atoms with E-state index in [4.69, 9.17) is 40.9 Å². The Balaban J connectivity index is 1.60. The van der Waals surface area contributed by atoms with Crippen molar-refractivity contribution in [3.8, 4) is 23.0 Å². The predicted molar refractivity (Wildman–Crippen MR) is 245 cm³/mol. The summed E-state index contributed by atoms with van der Waals surface area (Å²) in [4.78, 5) is 0. The molecule has 330 valence electrons. The van der Waals surface area contributed by atoms with Gasteiger partial charge in [-0.25, -0.2) is 0 Å². The highest BCUT2D eigenvalue weighted by Crippen LogP contribution is 2.39. The lowest BCUT2D eigenvalue weighted by molar-refractivity contribution is -0.0143. The first-order valence-corrected chi connectivity index (χ1v) is 22.6. The molecule has 0 saturated carbocycles. The Labute approximate surface area is 361 Å². The van der Waals surface area contributed by atoms with Crippen LogP contribution in [-0.4, -0.2) is 51.2 Å². The third-order valence-corrected chi connectivity index (χ3v) is 11.6. The molecule has 9 nitrogen and oxygen atoms in total. The summed E-state index contributed by atoms with van der Waals surface area (Å²) < 4.78 is 32.6. The third kappa shape index (κ3) is 15.4. The molecule has 1 unspecified atom stereocenters. The maximum absolute atomic E-state index is 11.7. The van der Waals surface area contributed by atoms with Gasteiger partial charge in [-0.15, -0.1) is 0 Å². The standard InChI is InChI=1S/C51H75N3O6/c1-6-15-40(16-7-2)35-58-44-21-13-19-41(29-44)50(55)43(33-54)36-59-48(25-27-52)47-31-46(56-28-26-39-17-11-10-12-18-39)23-24-49(47)60-51(37(5)32-53)42-20-14-22-45(30-42)57-34-38(8-3)9-4/h10-14,17-24,29-31,37-38,40,43,48,50-51,55H,6-9,15-16,25-28,32-36,52-54H2,1-5H3/t37-,43+,48?,50+,51-/m1/s1. The van der Waals surface area contributed by atoms with Crippen molar-refractivity contribution in [2.45, 2.75) is 104 Å². The van der Waals surface area contributed by atoms with E-state index in [1.807, 2.05) is 72.8 Å². The second-order valence-corrected chi connectivity index (χ2v) is 16.3. The third-order valence-electron chi connectivity index (χ3n) is 11.6. The highest BCUT2D eigenvalue weighted by molar-refractivity contribution is 5.43. The van der Waals surface area contributed by atoms with Gasteiger partial charge in [-0.3, -0.25) is 0 Å². The van der Waals surface area contributed by atoms with Crippen LogP contribution in [0.25, 0.3) is 0 Å². The lowest BCUT2D eigenvalue weighted by Crippen LogP contribution is -2.28. The molecule has 0 fully saturated rings. The van der Waals surface area contributed by atoms with Crippen LogP contribution in [-0.2, 0) is 11.2 Å². The van der Waals surface area contributed by atoms with E-state index >= 15 is 0 Å². The highest BCUT2D eigenvalue weighted by atomic mass is 16.5. The summed E-state index contributed by atoms with van der Waals surface area (Å²) in [5.41, 5.74) is 22.7. The zero-order valence-corrected chi connectivity index (χ0v) is 37.1. The van der Waals surface area contributed by atoms with Gasteiger partial charge >= 0.3 is 0 Å². The molecule has 4 rings (SSSR count). The minimum atomic E-state index is -0.864. The Hall–Kier alpha value is -4.12. The second-order valence-electron chi connectivity index (χ2n) is 16.3. The van der Waals surface area contributed by atoms with E-state index in [-0.39, 0.29) is 25.2 Å². The molecule has 9 heteroatoms. The fraction of sp³-hybridized carbons (Fsp3) is 0.529. The van der Waals surface area contributed by atoms with Crippen molar-refractivity contribution in [1.82, 2.24) is 0 Å². The molecule has 4 aromatic rings. The number of aliphatic hydroxyl groups excluding tert-OH is 1. The van der Waals surface area contributed by atoms with Crippen LogP contribution >= 0.6 is 0 Å². The largest absolute Gasteiger partial charge is 0.493 e. The Morgan fingerprint density at radius 1 is 0.617 bits per heavy atom. The van der Waals surface area contributed by atoms with Gasteiger partial charge < -0.3 is 46.0 Å². The molecule has 5 atom stereocenters. The van der Waals surface area contributed by atoms with Gasteiger partial charge in [0.25, 0.3) is 0 Å². The van der Waals surface area contributed by atoms with Gasteiger partial charge in [0, 0.05) is 30.4 Å². The fourth-order valence-corrected chi connectivity index (χ4v) is 7.61. The first-order valence-electron chi connectivity index (χ1n) is 22.6. The summed E-state index contributed by atoms with van der Waals surface area (Å²) in [5.74, 6) is 3.50. The van der Waals surface area contributed by atoms with Gasteiger partial charge in [-0.05, 0) is 103 Å². The number of ether oxygens (including phenoxy) is 5. The molecule has 0 bridgehead atoms. The van der Waals surface area contributed by atoms with E-state index in [0.717, 1.165) is 73.1 Å². The minimum absolute atomic E-state index is 0.0245. The Bertz CT molecular complexity index is 1750. The zero-order valence-electron chi connectivity index (χ0n) is 37.1. The second kappa shape index (κ2) is 27.0. The summed E-state index contributed by atoms with van der Waals surface area (Å²) in [6, 6.07) is 32.0. The summed E-state index contributed by atoms with van der Waals surface area (Å²) in [6.07, 6.45) is 6.23. The molecule has 0 aliphatic carbocycles. The molecular formula is C51H75N3O6. The van der Waals surface area contributed by atoms with E-state index in [9.17, 15) is 5.11 Å². The van der Waals surface area contributed by atoms with Crippen molar-refractivity contribution in [1.29, 1.82) is 0 Å². The Kier molecular flexibility index (Phi) is 21.8. The van der Waals surface area contributed by atoms with Crippen molar-refractivity contribution in [3.05, 3.63) is 119 Å². The number of aliphatic hydroxyl groups is 1. The van der Waals surface area contributed by atoms with E-state index in [2.05, 4.69) is 58.9 Å². The number of hydrogen-bond acceptors (Lipinski definition) is 9. The van der Waals surface area contributed by atoms with Crippen molar-refractivity contribution >= 4 is 0 Å². The number of benzene rings is 4. The van der Waals surface area contributed by atoms with E-state index in [0.29, 0.717) is 62.7 Å². The fourth-order valence-electron chi connectivity index (χ4n) is 7.61. The Morgan fingerprint density at radius 2 is 1.25 bits per heavy atom. The Morgan fingerprint density at radius 3 is 1.87 bits per heavy atom. The first kappa shape index (κ1) is 48.5. The van der Waals surface area contributed by atoms with Crippen LogP contribution in [0.15, 0.2) is 97.1 Å². The molecule has 0 aliphatic heterocycles. The summed E-state index contributed by atoms with van der Waals surface area (Å²) in [5, 5.41) is 11.7. The minimum Gasteiger partial charge on any atom is -0.493 e. The molecule has 7 N–H and O–H groups in total. The maximum Gasteiger partial charge on any atom is 0.128 e. The number of nitrogens with two attached hydrogens (primary N) is 3. The predicted octanol–water partition coefficient (Wildman–Crippen LogP) is 10.1. The van der Waals surface area contributed by atoms with Gasteiger partial charge in [0.1, 0.15) is 29.1 Å². The van der Waals surface area contributed by atoms with Crippen molar-refractivity contribution in [2.75, 3.05) is 46.1 Å². The van der Waals surface area contributed by atoms with E-state index in [1.165, 1.54) is 5.56 Å². The molecule has 0 radical (unpaired) electrons. The quantitative estimate of drug-likeness (QED) is 0.0404. The van der Waals surface area contributed by atoms with Crippen molar-refractivity contribution in [2.24, 2.45) is 40.9 Å². The summed E-state index contributed by atoms with van der Waals surface area (Å²) >= 11 is 0. The average Bonchev–Trinajstić information content (AvgIpc) is 3.28. The van der Waals surface area contributed by atoms with Crippen LogP contribution in [0, 0.1) is 23.7 Å². The normalized spacial score (nSPS) is 14.1. The molecule has 0 spiro atoms. The lowest BCUT2D eigenvalue weighted by atomic mass is 9.95. The maximum atomic E-state index is 11.7. The van der Waals surface area contributed by atoms with E-state index < -0.39 is 18.1 Å². The van der Waals surface area contributed by atoms with Crippen LogP contribution < -0.4 is 36.1 Å². The van der Waals surface area contributed by atoms with Gasteiger partial charge in [-0.2, -0.15) is 0 Å². The van der Waals surface area contributed by atoms with E-state index in [1.54, 1.807) is 0 Å². The SMILES string of the molecule is CCCC(CCC)COc1cccc([C@H](O)[C@@H](CN)COC(CCN)c2cc(OCCc3ccccc3)ccc2O[C@@H](c2cccc(OCC(CC)CC)c2)[C@H](C)CN)c1. The topological polar surface area (TPSA) is 144 Å². The number of hydrogen-bond donors (Lipinski definition) is 4. The molecule has 0 saturated heterocycles. The molecule has 60 heavy (non-hydrogen) atoms. The highest BCUT2D eigenvalue weighted by Gasteiger charge is 2.28. The lowest BCUT2D eigenvalue weighted by Gasteiger charge is -2.30. The van der Waals surface area contributed by atoms with Gasteiger partial charge in [-0.1, -0.05) is 115 Å². The van der Waals surface area contributed by atoms with Gasteiger partial charge in [0.05, 0.1) is 38.6 Å². The zero-order chi connectivity index (χ0) is 43.1. The smallest absolute Gasteiger partial charge is 0.128 e. The molecule has 4 aromatic carbocycles. The first-order chi connectivity index (χ1) is 29.3. The monoisotopic (exact) mass is 826 g/mol. The number of rotatable bonds is 30. The van der Waals surface area contributed by atoms with Crippen LogP contribution in [0.1, 0.15) is 120 Å². The van der Waals surface area contributed by atoms with Gasteiger partial charge in [0.15, 0.2) is 0 Å². The summed E-state index contributed by atoms with van der Waals surface area (Å²) in [6.45, 7) is 13.9. The summed E-state index contributed by atoms with van der Waals surface area (Å²) in [7, 11) is 0. The molecular weight excluding hydrogens is 751 g/mol. The van der Waals surface area contributed by atoms with Gasteiger partial charge in [0.2, 0.25) is 0 Å².